The molecule has 0 spiro atoms. The van der Waals surface area contributed by atoms with Gasteiger partial charge < -0.3 is 92.4 Å². The predicted octanol–water partition coefficient (Wildman–Crippen LogP) is -6.02. The first-order valence-corrected chi connectivity index (χ1v) is 13.2. The second-order valence-corrected chi connectivity index (χ2v) is 9.58. The smallest absolute Gasteiger partial charge is 0.336 e. The number of nitrogens with two attached hydrogens (primary N) is 2. The molecule has 274 valence electrons. The second-order valence-electron chi connectivity index (χ2n) is 9.58. The number of ether oxygens (including phenoxy) is 1. The molecule has 1 aromatic carbocycles. The molecule has 8 atom stereocenters. The van der Waals surface area contributed by atoms with Gasteiger partial charge in [0.15, 0.2) is 18.2 Å². The van der Waals surface area contributed by atoms with Crippen molar-refractivity contribution in [3.8, 4) is 0 Å². The lowest BCUT2D eigenvalue weighted by Gasteiger charge is -2.31. The van der Waals surface area contributed by atoms with Gasteiger partial charge in [-0.05, 0) is 17.5 Å². The van der Waals surface area contributed by atoms with Gasteiger partial charge in [0, 0.05) is 11.7 Å². The van der Waals surface area contributed by atoms with Crippen LogP contribution in [0.3, 0.4) is 0 Å². The van der Waals surface area contributed by atoms with E-state index in [1.165, 1.54) is 10.9 Å². The molecule has 1 aliphatic rings. The summed E-state index contributed by atoms with van der Waals surface area (Å²) in [6.45, 7) is -0.913. The summed E-state index contributed by atoms with van der Waals surface area (Å²) in [5.41, 5.74) is 6.97. The van der Waals surface area contributed by atoms with E-state index in [0.29, 0.717) is 0 Å². The molecule has 0 bridgehead atoms. The highest BCUT2D eigenvalue weighted by atomic mass is 16.6. The molecule has 1 fully saturated rings. The summed E-state index contributed by atoms with van der Waals surface area (Å²) in [5, 5.41) is 114. The average molecular weight is 700 g/mol. The maximum absolute atomic E-state index is 10.3. The number of fused-ring (bicyclic) bond motifs is 1. The molecular weight excluding hydrogens is 658 g/mol. The number of amides is 2. The van der Waals surface area contributed by atoms with Gasteiger partial charge in [-0.3, -0.25) is 9.59 Å². The zero-order valence-electron chi connectivity index (χ0n) is 24.9. The number of nitrogens with one attached hydrogen (secondary N) is 1. The number of carboxylic acids is 3. The molecule has 3 rings (SSSR count). The van der Waals surface area contributed by atoms with Gasteiger partial charge in [-0.25, -0.2) is 9.59 Å². The predicted molar refractivity (Wildman–Crippen MR) is 156 cm³/mol. The van der Waals surface area contributed by atoms with E-state index < -0.39 is 98.0 Å². The van der Waals surface area contributed by atoms with Crippen molar-refractivity contribution in [3.05, 3.63) is 36.5 Å². The quantitative estimate of drug-likeness (QED) is 0.103. The van der Waals surface area contributed by atoms with Gasteiger partial charge in [0.2, 0.25) is 0 Å². The Kier molecular flexibility index (Phi) is 22.0. The molecule has 48 heavy (non-hydrogen) atoms. The third-order valence-electron chi connectivity index (χ3n) is 5.64. The van der Waals surface area contributed by atoms with E-state index in [1.807, 2.05) is 18.3 Å². The molecule has 1 saturated heterocycles. The van der Waals surface area contributed by atoms with E-state index in [9.17, 15) is 19.2 Å². The minimum absolute atomic E-state index is 0.0258. The molecule has 1 aliphatic heterocycles. The zero-order chi connectivity index (χ0) is 37.8. The minimum atomic E-state index is -2.74. The fourth-order valence-corrected chi connectivity index (χ4v) is 3.12. The summed E-state index contributed by atoms with van der Waals surface area (Å²) in [5.74, 6) is -5.02. The van der Waals surface area contributed by atoms with Gasteiger partial charge in [0.25, 0.3) is 0 Å². The second kappa shape index (κ2) is 23.1. The first kappa shape index (κ1) is 45.8. The molecule has 22 heteroatoms. The van der Waals surface area contributed by atoms with Gasteiger partial charge >= 0.3 is 23.9 Å². The summed E-state index contributed by atoms with van der Waals surface area (Å²) in [6.07, 6.45) is -12.4. The van der Waals surface area contributed by atoms with Crippen LogP contribution in [0, 0.1) is 0 Å². The van der Waals surface area contributed by atoms with Gasteiger partial charge in [0.05, 0.1) is 26.1 Å². The fraction of sp³-hybridized carbons (Fsp3) is 0.500. The van der Waals surface area contributed by atoms with Gasteiger partial charge in [-0.2, -0.15) is 0 Å². The number of primary amides is 2. The van der Waals surface area contributed by atoms with E-state index in [4.69, 9.17) is 71.2 Å². The normalized spacial score (nSPS) is 20.9. The maximum Gasteiger partial charge on any atom is 0.336 e. The first-order valence-electron chi connectivity index (χ1n) is 13.2. The maximum atomic E-state index is 10.3. The Balaban J connectivity index is 0. The van der Waals surface area contributed by atoms with E-state index in [2.05, 4.69) is 39.4 Å². The van der Waals surface area contributed by atoms with Crippen molar-refractivity contribution in [1.82, 2.24) is 4.98 Å². The Labute approximate surface area is 270 Å². The summed E-state index contributed by atoms with van der Waals surface area (Å²) in [6, 6.07) is 9.45. The molecule has 2 amide bonds. The van der Waals surface area contributed by atoms with Crippen molar-refractivity contribution in [1.29, 1.82) is 0 Å². The van der Waals surface area contributed by atoms with Crippen LogP contribution in [0.4, 0.5) is 4.79 Å². The highest BCUT2D eigenvalue weighted by Gasteiger charge is 2.41. The Morgan fingerprint density at radius 1 is 0.896 bits per heavy atom. The number of H-pyrrole nitrogens is 1. The van der Waals surface area contributed by atoms with E-state index in [1.54, 1.807) is 0 Å². The first-order chi connectivity index (χ1) is 22.1. The largest absolute Gasteiger partial charge is 0.481 e. The number of carbonyl (C=O) groups excluding carboxylic acids is 2. The Morgan fingerprint density at radius 3 is 1.79 bits per heavy atom. The van der Waals surface area contributed by atoms with E-state index >= 15 is 0 Å². The number of hydrogen-bond acceptors (Lipinski definition) is 16. The summed E-state index contributed by atoms with van der Waals surface area (Å²) in [4.78, 5) is 52.5. The number of rotatable bonds is 10. The molecule has 1 aromatic heterocycles. The van der Waals surface area contributed by atoms with Crippen molar-refractivity contribution < 1.29 is 95.1 Å². The van der Waals surface area contributed by atoms with Crippen LogP contribution >= 0.6 is 0 Å². The number of aldehydes is 1. The molecule has 0 radical (unpaired) electrons. The Bertz CT molecular complexity index is 1200. The Morgan fingerprint density at radius 2 is 1.40 bits per heavy atom. The number of hydrogen-bond donors (Lipinski definition) is 16. The van der Waals surface area contributed by atoms with Gasteiger partial charge in [-0.1, -0.05) is 18.2 Å². The molecule has 0 aliphatic carbocycles. The monoisotopic (exact) mass is 699 g/mol. The van der Waals surface area contributed by atoms with Crippen molar-refractivity contribution in [2.75, 3.05) is 13.2 Å². The highest BCUT2D eigenvalue weighted by molar-refractivity contribution is 5.88. The third kappa shape index (κ3) is 18.1. The Hall–Kier alpha value is -4.33. The number of aromatic amines is 1. The van der Waals surface area contributed by atoms with Crippen molar-refractivity contribution in [3.63, 3.8) is 0 Å². The van der Waals surface area contributed by atoms with Crippen LogP contribution in [-0.2, 0) is 23.9 Å². The van der Waals surface area contributed by atoms with Crippen molar-refractivity contribution in [2.24, 2.45) is 11.5 Å². The van der Waals surface area contributed by atoms with Crippen LogP contribution < -0.4 is 11.5 Å². The van der Waals surface area contributed by atoms with E-state index in [-0.39, 0.29) is 12.9 Å². The number of aliphatic carboxylic acids is 3. The summed E-state index contributed by atoms with van der Waals surface area (Å²) in [7, 11) is 0. The summed E-state index contributed by atoms with van der Waals surface area (Å²) < 4.78 is 4.47. The van der Waals surface area contributed by atoms with E-state index in [0.717, 1.165) is 0 Å². The number of benzene rings is 1. The van der Waals surface area contributed by atoms with Crippen LogP contribution in [0.25, 0.3) is 10.9 Å². The minimum Gasteiger partial charge on any atom is -0.481 e. The number of carbonyl (C=O) groups is 5. The summed E-state index contributed by atoms with van der Waals surface area (Å²) >= 11 is 0. The topological polar surface area (TPSA) is 425 Å². The van der Waals surface area contributed by atoms with Crippen LogP contribution in [0.5, 0.6) is 0 Å². The fourth-order valence-electron chi connectivity index (χ4n) is 3.12. The van der Waals surface area contributed by atoms with Crippen molar-refractivity contribution in [2.45, 2.75) is 67.5 Å². The lowest BCUT2D eigenvalue weighted by Crippen LogP contribution is -2.52. The molecule has 2 aromatic rings. The number of urea groups is 1. The van der Waals surface area contributed by atoms with Crippen molar-refractivity contribution >= 4 is 41.1 Å². The number of aliphatic hydroxyl groups is 10. The van der Waals surface area contributed by atoms with Crippen LogP contribution in [0.1, 0.15) is 12.8 Å². The SMILES string of the molecule is NC(N)=O.O=C(O)CC(O)(CC(=O)O)C(=O)O.O=C[C@H](O)[C@@H](O)[C@H](O)[C@H](O)CO.OC1OC[C@@H](O)[C@H](O)[C@H]1O.c1ccc2[nH]ccc2c1. The third-order valence-corrected chi connectivity index (χ3v) is 5.64. The number of aliphatic hydroxyl groups excluding tert-OH is 9. The van der Waals surface area contributed by atoms with Gasteiger partial charge in [-0.15, -0.1) is 0 Å². The molecular formula is C26H41N3O19. The highest BCUT2D eigenvalue weighted by Crippen LogP contribution is 2.16. The van der Waals surface area contributed by atoms with Crippen LogP contribution in [0.15, 0.2) is 36.5 Å². The number of carboxylic acid groups (broad SMARTS) is 3. The average Bonchev–Trinajstić information content (AvgIpc) is 3.49. The molecule has 0 saturated carbocycles. The lowest BCUT2D eigenvalue weighted by atomic mass is 9.96. The molecule has 1 unspecified atom stereocenters. The lowest BCUT2D eigenvalue weighted by molar-refractivity contribution is -0.252. The standard InChI is InChI=1S/C8H7N.C6H8O7.C6H12O6.C5H10O5.CH4N2O/c1-2-4-8-7(3-1)5-6-9-8;7-3(8)1-6(13,5(11)12)2-4(9)10;7-1-3(9)5(11)6(12)4(10)2-8;6-2-1-10-5(9)4(8)3(2)7;2-1(3)4/h1-6,9H;13H,1-2H2,(H,7,8)(H,9,10)(H,11,12);1,3-6,8-12H,2H2;2-9H,1H2;(H4,2,3,4)/t;;3-,4+,5+,6+;2-,3+,4-,5?;/m..01./s1. The van der Waals surface area contributed by atoms with Gasteiger partial charge in [0.1, 0.15) is 42.7 Å². The molecule has 18 N–H and O–H groups in total. The number of para-hydroxylation sites is 1. The van der Waals surface area contributed by atoms with Crippen LogP contribution in [0.2, 0.25) is 0 Å². The zero-order valence-corrected chi connectivity index (χ0v) is 24.9. The number of aromatic nitrogens is 1. The molecule has 22 nitrogen and oxygen atoms in total. The van der Waals surface area contributed by atoms with Crippen LogP contribution in [-0.4, -0.2) is 169 Å². The molecule has 2 heterocycles.